The SMILES string of the molecule is CC(C)c1ccc(S(=O)(=O)N[C@@H]2CN(c3ccc(C#N)nn3)C[C@@H]2O)cc1. The van der Waals surface area contributed by atoms with Crippen molar-refractivity contribution in [3.63, 3.8) is 0 Å². The van der Waals surface area contributed by atoms with Gasteiger partial charge in [-0.2, -0.15) is 5.26 Å². The van der Waals surface area contributed by atoms with Crippen LogP contribution >= 0.6 is 0 Å². The number of hydrogen-bond donors (Lipinski definition) is 2. The van der Waals surface area contributed by atoms with Crippen LogP contribution < -0.4 is 9.62 Å². The van der Waals surface area contributed by atoms with Crippen LogP contribution in [-0.2, 0) is 10.0 Å². The summed E-state index contributed by atoms with van der Waals surface area (Å²) in [6.07, 6.45) is -0.882. The minimum Gasteiger partial charge on any atom is -0.390 e. The Morgan fingerprint density at radius 1 is 1.19 bits per heavy atom. The minimum atomic E-state index is -3.75. The maximum Gasteiger partial charge on any atom is 0.240 e. The van der Waals surface area contributed by atoms with E-state index < -0.39 is 22.2 Å². The summed E-state index contributed by atoms with van der Waals surface area (Å²) in [7, 11) is -3.75. The number of sulfonamides is 1. The second kappa shape index (κ2) is 7.60. The molecule has 0 radical (unpaired) electrons. The van der Waals surface area contributed by atoms with Gasteiger partial charge in [0.05, 0.1) is 17.0 Å². The van der Waals surface area contributed by atoms with Crippen molar-refractivity contribution in [3.8, 4) is 6.07 Å². The fourth-order valence-electron chi connectivity index (χ4n) is 2.94. The molecule has 0 saturated carbocycles. The second-order valence-corrected chi connectivity index (χ2v) is 8.53. The Balaban J connectivity index is 1.71. The van der Waals surface area contributed by atoms with Gasteiger partial charge in [0.25, 0.3) is 0 Å². The van der Waals surface area contributed by atoms with Gasteiger partial charge in [-0.1, -0.05) is 26.0 Å². The summed E-state index contributed by atoms with van der Waals surface area (Å²) < 4.78 is 27.8. The first kappa shape index (κ1) is 19.2. The highest BCUT2D eigenvalue weighted by Gasteiger charge is 2.35. The molecule has 9 heteroatoms. The number of nitrogens with zero attached hydrogens (tertiary/aromatic N) is 4. The Labute approximate surface area is 158 Å². The normalized spacial score (nSPS) is 20.0. The molecule has 2 aromatic rings. The van der Waals surface area contributed by atoms with E-state index in [1.807, 2.05) is 19.9 Å². The number of nitriles is 1. The van der Waals surface area contributed by atoms with Crippen LogP contribution in [0.25, 0.3) is 0 Å². The topological polar surface area (TPSA) is 119 Å². The molecular formula is C18H21N5O3S. The fourth-order valence-corrected chi connectivity index (χ4v) is 4.20. The Kier molecular flexibility index (Phi) is 5.41. The molecule has 0 bridgehead atoms. The third-order valence-corrected chi connectivity index (χ3v) is 6.05. The van der Waals surface area contributed by atoms with Crippen molar-refractivity contribution < 1.29 is 13.5 Å². The summed E-state index contributed by atoms with van der Waals surface area (Å²) in [5.41, 5.74) is 1.25. The van der Waals surface area contributed by atoms with Crippen molar-refractivity contribution in [2.24, 2.45) is 0 Å². The van der Waals surface area contributed by atoms with Crippen LogP contribution in [0.5, 0.6) is 0 Å². The highest BCUT2D eigenvalue weighted by molar-refractivity contribution is 7.89. The van der Waals surface area contributed by atoms with E-state index in [9.17, 15) is 13.5 Å². The van der Waals surface area contributed by atoms with Crippen molar-refractivity contribution in [1.82, 2.24) is 14.9 Å². The van der Waals surface area contributed by atoms with Crippen molar-refractivity contribution in [1.29, 1.82) is 5.26 Å². The predicted molar refractivity (Wildman–Crippen MR) is 99.6 cm³/mol. The lowest BCUT2D eigenvalue weighted by atomic mass is 10.0. The molecule has 1 fully saturated rings. The monoisotopic (exact) mass is 387 g/mol. The van der Waals surface area contributed by atoms with E-state index in [0.717, 1.165) is 5.56 Å². The number of anilines is 1. The summed E-state index contributed by atoms with van der Waals surface area (Å²) in [5, 5.41) is 26.8. The first-order chi connectivity index (χ1) is 12.8. The maximum absolute atomic E-state index is 12.6. The summed E-state index contributed by atoms with van der Waals surface area (Å²) in [6.45, 7) is 4.56. The molecule has 142 valence electrons. The zero-order chi connectivity index (χ0) is 19.6. The van der Waals surface area contributed by atoms with E-state index in [2.05, 4.69) is 14.9 Å². The van der Waals surface area contributed by atoms with Gasteiger partial charge in [0.15, 0.2) is 11.5 Å². The molecule has 27 heavy (non-hydrogen) atoms. The zero-order valence-corrected chi connectivity index (χ0v) is 15.9. The number of β-amino-alcohol motifs (C(OH)–C–C–N with tert-alkyl or cyclic N) is 1. The molecule has 2 atom stereocenters. The molecule has 8 nitrogen and oxygen atoms in total. The Morgan fingerprint density at radius 2 is 1.89 bits per heavy atom. The lowest BCUT2D eigenvalue weighted by Gasteiger charge is -2.17. The predicted octanol–water partition coefficient (Wildman–Crippen LogP) is 1.000. The summed E-state index contributed by atoms with van der Waals surface area (Å²) in [5.74, 6) is 0.796. The van der Waals surface area contributed by atoms with E-state index in [1.54, 1.807) is 35.2 Å². The smallest absolute Gasteiger partial charge is 0.240 e. The molecule has 1 aromatic carbocycles. The molecule has 3 rings (SSSR count). The van der Waals surface area contributed by atoms with Crippen LogP contribution in [0.4, 0.5) is 5.82 Å². The van der Waals surface area contributed by atoms with Gasteiger partial charge in [0.2, 0.25) is 10.0 Å². The molecule has 1 aliphatic heterocycles. The molecule has 0 amide bonds. The highest BCUT2D eigenvalue weighted by atomic mass is 32.2. The van der Waals surface area contributed by atoms with Crippen molar-refractivity contribution in [2.75, 3.05) is 18.0 Å². The first-order valence-electron chi connectivity index (χ1n) is 8.59. The minimum absolute atomic E-state index is 0.163. The van der Waals surface area contributed by atoms with E-state index >= 15 is 0 Å². The fraction of sp³-hybridized carbons (Fsp3) is 0.389. The highest BCUT2D eigenvalue weighted by Crippen LogP contribution is 2.21. The maximum atomic E-state index is 12.6. The van der Waals surface area contributed by atoms with Gasteiger partial charge >= 0.3 is 0 Å². The molecule has 2 N–H and O–H groups in total. The van der Waals surface area contributed by atoms with Crippen LogP contribution in [0.2, 0.25) is 0 Å². The lowest BCUT2D eigenvalue weighted by Crippen LogP contribution is -2.42. The number of hydrogen-bond acceptors (Lipinski definition) is 7. The van der Waals surface area contributed by atoms with E-state index in [-0.39, 0.29) is 23.7 Å². The number of rotatable bonds is 5. The standard InChI is InChI=1S/C18H21N5O3S/c1-12(2)13-3-6-15(7-4-13)27(25,26)22-16-10-23(11-17(16)24)18-8-5-14(9-19)20-21-18/h3-8,12,16-17,22,24H,10-11H2,1-2H3/t16-,17+/m1/s1. The summed E-state index contributed by atoms with van der Waals surface area (Å²) in [4.78, 5) is 1.89. The van der Waals surface area contributed by atoms with Crippen LogP contribution in [-0.4, -0.2) is 49.0 Å². The van der Waals surface area contributed by atoms with Crippen LogP contribution in [0.1, 0.15) is 31.0 Å². The molecule has 2 heterocycles. The van der Waals surface area contributed by atoms with Gasteiger partial charge in [-0.3, -0.25) is 0 Å². The van der Waals surface area contributed by atoms with Crippen LogP contribution in [0.15, 0.2) is 41.3 Å². The molecule has 1 aliphatic rings. The van der Waals surface area contributed by atoms with Gasteiger partial charge in [0, 0.05) is 13.1 Å². The molecule has 0 unspecified atom stereocenters. The first-order valence-corrected chi connectivity index (χ1v) is 10.1. The quantitative estimate of drug-likeness (QED) is 0.785. The van der Waals surface area contributed by atoms with Crippen molar-refractivity contribution in [2.45, 2.75) is 36.8 Å². The van der Waals surface area contributed by atoms with Gasteiger partial charge < -0.3 is 10.0 Å². The number of nitrogens with one attached hydrogen (secondary N) is 1. The average molecular weight is 387 g/mol. The van der Waals surface area contributed by atoms with E-state index in [4.69, 9.17) is 5.26 Å². The molecule has 1 aromatic heterocycles. The second-order valence-electron chi connectivity index (χ2n) is 6.81. The molecule has 0 aliphatic carbocycles. The Bertz CT molecular complexity index is 936. The third kappa shape index (κ3) is 4.24. The van der Waals surface area contributed by atoms with E-state index in [0.29, 0.717) is 11.7 Å². The zero-order valence-electron chi connectivity index (χ0n) is 15.1. The molecule has 0 spiro atoms. The number of aromatic nitrogens is 2. The van der Waals surface area contributed by atoms with E-state index in [1.165, 1.54) is 6.07 Å². The van der Waals surface area contributed by atoms with Gasteiger partial charge in [-0.05, 0) is 35.7 Å². The number of benzene rings is 1. The summed E-state index contributed by atoms with van der Waals surface area (Å²) in [6, 6.07) is 11.1. The van der Waals surface area contributed by atoms with Gasteiger partial charge in [0.1, 0.15) is 6.07 Å². The Hall–Kier alpha value is -2.54. The van der Waals surface area contributed by atoms with Crippen LogP contribution in [0, 0.1) is 11.3 Å². The van der Waals surface area contributed by atoms with Crippen molar-refractivity contribution >= 4 is 15.8 Å². The number of aliphatic hydroxyl groups is 1. The Morgan fingerprint density at radius 3 is 2.44 bits per heavy atom. The van der Waals surface area contributed by atoms with Crippen LogP contribution in [0.3, 0.4) is 0 Å². The molecular weight excluding hydrogens is 366 g/mol. The molecule has 1 saturated heterocycles. The van der Waals surface area contributed by atoms with Gasteiger partial charge in [-0.15, -0.1) is 10.2 Å². The average Bonchev–Trinajstić information content (AvgIpc) is 3.01. The largest absolute Gasteiger partial charge is 0.390 e. The number of aliphatic hydroxyl groups excluding tert-OH is 1. The lowest BCUT2D eigenvalue weighted by molar-refractivity contribution is 0.174. The summed E-state index contributed by atoms with van der Waals surface area (Å²) >= 11 is 0. The van der Waals surface area contributed by atoms with Gasteiger partial charge in [-0.25, -0.2) is 13.1 Å². The van der Waals surface area contributed by atoms with Crippen molar-refractivity contribution in [3.05, 3.63) is 47.7 Å². The third-order valence-electron chi connectivity index (χ3n) is 4.54.